The van der Waals surface area contributed by atoms with Gasteiger partial charge in [0, 0.05) is 10.7 Å². The van der Waals surface area contributed by atoms with Crippen molar-refractivity contribution < 1.29 is 23.9 Å². The van der Waals surface area contributed by atoms with Gasteiger partial charge in [0.25, 0.3) is 11.8 Å². The molecule has 0 radical (unpaired) electrons. The molecule has 7 nitrogen and oxygen atoms in total. The Hall–Kier alpha value is -3.81. The number of hydrogen-bond donors (Lipinski definition) is 1. The van der Waals surface area contributed by atoms with Crippen molar-refractivity contribution in [1.29, 1.82) is 0 Å². The molecule has 1 N–H and O–H groups in total. The van der Waals surface area contributed by atoms with Gasteiger partial charge < -0.3 is 14.8 Å². The number of imide groups is 1. The van der Waals surface area contributed by atoms with Crippen LogP contribution >= 0.6 is 23.2 Å². The van der Waals surface area contributed by atoms with E-state index in [4.69, 9.17) is 32.7 Å². The third-order valence-electron chi connectivity index (χ3n) is 4.83. The van der Waals surface area contributed by atoms with Gasteiger partial charge in [0.2, 0.25) is 0 Å². The average molecular weight is 497 g/mol. The van der Waals surface area contributed by atoms with E-state index in [9.17, 15) is 14.4 Å². The monoisotopic (exact) mass is 496 g/mol. The molecule has 1 heterocycles. The molecule has 0 saturated carbocycles. The number of carbonyl (C=O) groups is 3. The van der Waals surface area contributed by atoms with Crippen LogP contribution in [0.4, 0.5) is 11.4 Å². The van der Waals surface area contributed by atoms with Crippen molar-refractivity contribution in [3.05, 3.63) is 94.1 Å². The number of carbonyl (C=O) groups excluding carboxylic acids is 3. The van der Waals surface area contributed by atoms with Gasteiger partial charge in [-0.1, -0.05) is 41.4 Å². The molecule has 4 rings (SSSR count). The van der Waals surface area contributed by atoms with E-state index in [1.54, 1.807) is 61.5 Å². The maximum absolute atomic E-state index is 13.1. The first-order valence-corrected chi connectivity index (χ1v) is 11.0. The number of esters is 1. The number of hydrogen-bond acceptors (Lipinski definition) is 6. The summed E-state index contributed by atoms with van der Waals surface area (Å²) in [5, 5.41) is 3.07. The lowest BCUT2D eigenvalue weighted by Crippen LogP contribution is -2.32. The van der Waals surface area contributed by atoms with Crippen molar-refractivity contribution in [2.45, 2.75) is 6.92 Å². The fourth-order valence-corrected chi connectivity index (χ4v) is 3.67. The van der Waals surface area contributed by atoms with Crippen LogP contribution in [-0.2, 0) is 9.59 Å². The molecule has 3 aromatic carbocycles. The van der Waals surface area contributed by atoms with Crippen LogP contribution < -0.4 is 19.7 Å². The van der Waals surface area contributed by atoms with Crippen molar-refractivity contribution in [2.75, 3.05) is 16.8 Å². The zero-order valence-electron chi connectivity index (χ0n) is 17.9. The van der Waals surface area contributed by atoms with Crippen molar-refractivity contribution in [1.82, 2.24) is 0 Å². The number of anilines is 2. The summed E-state index contributed by atoms with van der Waals surface area (Å²) < 4.78 is 10.8. The van der Waals surface area contributed by atoms with Crippen LogP contribution in [0, 0.1) is 0 Å². The summed E-state index contributed by atoms with van der Waals surface area (Å²) in [5.74, 6) is -1.15. The quantitative estimate of drug-likeness (QED) is 0.268. The highest BCUT2D eigenvalue weighted by molar-refractivity contribution is 6.53. The molecule has 0 atom stereocenters. The standard InChI is InChI=1S/C25H18Cl2N2O5/c1-2-33-20-9-4-3-8-19(20)29-23(30)21(27)22(24(29)31)28-17-12-10-15(11-13-17)25(32)34-18-7-5-6-16(26)14-18/h3-14,28H,2H2,1H3. The fraction of sp³-hybridized carbons (Fsp3) is 0.0800. The minimum atomic E-state index is -0.664. The highest BCUT2D eigenvalue weighted by Gasteiger charge is 2.40. The van der Waals surface area contributed by atoms with Crippen LogP contribution in [-0.4, -0.2) is 24.4 Å². The number of rotatable bonds is 7. The number of benzene rings is 3. The first-order valence-electron chi connectivity index (χ1n) is 10.2. The van der Waals surface area contributed by atoms with Gasteiger partial charge in [-0.25, -0.2) is 9.69 Å². The Bertz CT molecular complexity index is 1300. The molecule has 9 heteroatoms. The Morgan fingerprint density at radius 2 is 1.68 bits per heavy atom. The molecule has 0 saturated heterocycles. The maximum Gasteiger partial charge on any atom is 0.343 e. The maximum atomic E-state index is 13.1. The van der Waals surface area contributed by atoms with E-state index in [1.807, 2.05) is 0 Å². The second-order valence-electron chi connectivity index (χ2n) is 7.08. The van der Waals surface area contributed by atoms with Gasteiger partial charge >= 0.3 is 5.97 Å². The second kappa shape index (κ2) is 9.99. The van der Waals surface area contributed by atoms with Crippen molar-refractivity contribution >= 4 is 52.4 Å². The van der Waals surface area contributed by atoms with Gasteiger partial charge in [-0.2, -0.15) is 0 Å². The molecule has 0 fully saturated rings. The highest BCUT2D eigenvalue weighted by Crippen LogP contribution is 2.35. The van der Waals surface area contributed by atoms with E-state index < -0.39 is 17.8 Å². The predicted octanol–water partition coefficient (Wildman–Crippen LogP) is 5.39. The van der Waals surface area contributed by atoms with Gasteiger partial charge in [0.05, 0.1) is 17.9 Å². The Balaban J connectivity index is 1.50. The number of amides is 2. The van der Waals surface area contributed by atoms with E-state index in [-0.39, 0.29) is 16.3 Å². The second-order valence-corrected chi connectivity index (χ2v) is 7.90. The van der Waals surface area contributed by atoms with E-state index in [2.05, 4.69) is 5.32 Å². The molecular formula is C25H18Cl2N2O5. The normalized spacial score (nSPS) is 13.3. The van der Waals surface area contributed by atoms with E-state index in [0.29, 0.717) is 34.5 Å². The lowest BCUT2D eigenvalue weighted by Gasteiger charge is -2.18. The Kier molecular flexibility index (Phi) is 6.86. The molecule has 0 aliphatic carbocycles. The molecule has 1 aliphatic rings. The largest absolute Gasteiger partial charge is 0.492 e. The van der Waals surface area contributed by atoms with Crippen molar-refractivity contribution in [3.8, 4) is 11.5 Å². The Labute approximate surface area is 205 Å². The van der Waals surface area contributed by atoms with Crippen LogP contribution in [0.25, 0.3) is 0 Å². The van der Waals surface area contributed by atoms with Gasteiger partial charge in [-0.05, 0) is 61.5 Å². The molecule has 0 unspecified atom stereocenters. The summed E-state index contributed by atoms with van der Waals surface area (Å²) in [6, 6.07) is 19.4. The zero-order valence-corrected chi connectivity index (χ0v) is 19.4. The summed E-state index contributed by atoms with van der Waals surface area (Å²) in [5.41, 5.74) is 0.959. The Morgan fingerprint density at radius 3 is 2.38 bits per heavy atom. The first kappa shape index (κ1) is 23.4. The minimum Gasteiger partial charge on any atom is -0.492 e. The Morgan fingerprint density at radius 1 is 0.941 bits per heavy atom. The summed E-state index contributed by atoms with van der Waals surface area (Å²) in [4.78, 5) is 39.2. The van der Waals surface area contributed by atoms with E-state index in [1.165, 1.54) is 18.2 Å². The lowest BCUT2D eigenvalue weighted by molar-refractivity contribution is -0.120. The number of nitrogens with zero attached hydrogens (tertiary/aromatic N) is 1. The van der Waals surface area contributed by atoms with Crippen LogP contribution in [0.15, 0.2) is 83.5 Å². The minimum absolute atomic E-state index is 0.0766. The summed E-state index contributed by atoms with van der Waals surface area (Å²) in [6.07, 6.45) is 0. The third kappa shape index (κ3) is 4.76. The smallest absolute Gasteiger partial charge is 0.343 e. The van der Waals surface area contributed by atoms with Crippen molar-refractivity contribution in [3.63, 3.8) is 0 Å². The summed E-state index contributed by atoms with van der Waals surface area (Å²) in [7, 11) is 0. The molecule has 2 amide bonds. The summed E-state index contributed by atoms with van der Waals surface area (Å²) in [6.45, 7) is 2.17. The van der Waals surface area contributed by atoms with Crippen LogP contribution in [0.3, 0.4) is 0 Å². The van der Waals surface area contributed by atoms with Gasteiger partial charge in [0.15, 0.2) is 0 Å². The average Bonchev–Trinajstić information content (AvgIpc) is 3.03. The third-order valence-corrected chi connectivity index (χ3v) is 5.42. The number of nitrogens with one attached hydrogen (secondary N) is 1. The van der Waals surface area contributed by atoms with Crippen LogP contribution in [0.1, 0.15) is 17.3 Å². The van der Waals surface area contributed by atoms with Crippen LogP contribution in [0.2, 0.25) is 5.02 Å². The van der Waals surface area contributed by atoms with Gasteiger partial charge in [-0.15, -0.1) is 0 Å². The fourth-order valence-electron chi connectivity index (χ4n) is 3.28. The molecule has 0 bridgehead atoms. The topological polar surface area (TPSA) is 84.9 Å². The van der Waals surface area contributed by atoms with Gasteiger partial charge in [0.1, 0.15) is 22.2 Å². The highest BCUT2D eigenvalue weighted by atomic mass is 35.5. The predicted molar refractivity (Wildman–Crippen MR) is 129 cm³/mol. The molecular weight excluding hydrogens is 479 g/mol. The molecule has 172 valence electrons. The van der Waals surface area contributed by atoms with Crippen molar-refractivity contribution in [2.24, 2.45) is 0 Å². The van der Waals surface area contributed by atoms with Gasteiger partial charge in [-0.3, -0.25) is 9.59 Å². The summed E-state index contributed by atoms with van der Waals surface area (Å²) >= 11 is 12.1. The number of halogens is 2. The molecule has 0 spiro atoms. The molecule has 0 aromatic heterocycles. The lowest BCUT2D eigenvalue weighted by atomic mass is 10.2. The molecule has 34 heavy (non-hydrogen) atoms. The first-order chi connectivity index (χ1) is 16.4. The van der Waals surface area contributed by atoms with Crippen LogP contribution in [0.5, 0.6) is 11.5 Å². The number of para-hydroxylation sites is 2. The molecule has 1 aliphatic heterocycles. The SMILES string of the molecule is CCOc1ccccc1N1C(=O)C(Cl)=C(Nc2ccc(C(=O)Oc3cccc(Cl)c3)cc2)C1=O. The number of ether oxygens (including phenoxy) is 2. The van der Waals surface area contributed by atoms with E-state index >= 15 is 0 Å². The molecule has 3 aromatic rings. The van der Waals surface area contributed by atoms with E-state index in [0.717, 1.165) is 4.90 Å². The zero-order chi connectivity index (χ0) is 24.2.